The predicted octanol–water partition coefficient (Wildman–Crippen LogP) is 4.35. The molecule has 36 heavy (non-hydrogen) atoms. The van der Waals surface area contributed by atoms with Gasteiger partial charge in [-0.05, 0) is 36.8 Å². The molecule has 1 unspecified atom stereocenters. The molecule has 3 aromatic rings. The monoisotopic (exact) mass is 564 g/mol. The van der Waals surface area contributed by atoms with Crippen LogP contribution < -0.4 is 16.3 Å². The number of hydrogen-bond acceptors (Lipinski definition) is 6. The lowest BCUT2D eigenvalue weighted by atomic mass is 10.0. The Morgan fingerprint density at radius 3 is 2.56 bits per heavy atom. The number of nitrogens with zero attached hydrogens (tertiary/aromatic N) is 3. The summed E-state index contributed by atoms with van der Waals surface area (Å²) in [4.78, 5) is 19.2. The molecular formula is C22H23Cl2F3N5O3S+. The van der Waals surface area contributed by atoms with Gasteiger partial charge in [-0.3, -0.25) is 15.1 Å². The van der Waals surface area contributed by atoms with Gasteiger partial charge in [-0.2, -0.15) is 17.7 Å². The number of aromatic nitrogens is 2. The van der Waals surface area contributed by atoms with E-state index in [9.17, 15) is 26.7 Å². The van der Waals surface area contributed by atoms with E-state index < -0.39 is 27.5 Å². The Morgan fingerprint density at radius 2 is 1.92 bits per heavy atom. The predicted molar refractivity (Wildman–Crippen MR) is 134 cm³/mol. The summed E-state index contributed by atoms with van der Waals surface area (Å²) in [5.41, 5.74) is 0.603. The van der Waals surface area contributed by atoms with Gasteiger partial charge in [0.25, 0.3) is 5.56 Å². The lowest BCUT2D eigenvalue weighted by Crippen LogP contribution is -2.43. The number of halogens is 5. The topological polar surface area (TPSA) is 99.5 Å². The van der Waals surface area contributed by atoms with Gasteiger partial charge < -0.3 is 5.32 Å². The Kier molecular flexibility index (Phi) is 7.65. The van der Waals surface area contributed by atoms with Crippen molar-refractivity contribution in [3.05, 3.63) is 62.1 Å². The van der Waals surface area contributed by atoms with Gasteiger partial charge in [0.05, 0.1) is 21.5 Å². The molecule has 194 valence electrons. The van der Waals surface area contributed by atoms with E-state index >= 15 is 0 Å². The summed E-state index contributed by atoms with van der Waals surface area (Å²) in [7, 11) is -3.46. The Labute approximate surface area is 215 Å². The molecule has 1 aliphatic heterocycles. The zero-order valence-electron chi connectivity index (χ0n) is 19.0. The van der Waals surface area contributed by atoms with E-state index in [1.807, 2.05) is 4.90 Å². The Balaban J connectivity index is 1.83. The second-order valence-electron chi connectivity index (χ2n) is 8.24. The normalized spacial score (nSPS) is 16.8. The van der Waals surface area contributed by atoms with Crippen LogP contribution in [0.15, 0.2) is 40.3 Å². The summed E-state index contributed by atoms with van der Waals surface area (Å²) in [6.45, 7) is 3.87. The summed E-state index contributed by atoms with van der Waals surface area (Å²) < 4.78 is 65.9. The van der Waals surface area contributed by atoms with Crippen LogP contribution in [-0.4, -0.2) is 51.0 Å². The van der Waals surface area contributed by atoms with Crippen molar-refractivity contribution in [2.75, 3.05) is 37.4 Å². The smallest absolute Gasteiger partial charge is 0.314 e. The van der Waals surface area contributed by atoms with E-state index in [2.05, 4.69) is 15.7 Å². The second kappa shape index (κ2) is 10.3. The van der Waals surface area contributed by atoms with Crippen LogP contribution >= 0.6 is 23.2 Å². The molecule has 0 radical (unpaired) electrons. The maximum absolute atomic E-state index is 14.0. The highest BCUT2D eigenvalue weighted by atomic mass is 35.5. The van der Waals surface area contributed by atoms with Crippen LogP contribution in [0.5, 0.6) is 0 Å². The first-order chi connectivity index (χ1) is 16.9. The van der Waals surface area contributed by atoms with Crippen molar-refractivity contribution in [2.24, 2.45) is 0 Å². The standard InChI is InChI=1S/C22H22Cl2F3N5O3S/c1-2-36(34,35)18-4-3-13(23)9-17(18)30-32-12-29-20-14(21(32)33)10-16(22(25,26)27)15(19(20)24)11-31-7-5-28-6-8-31/h3-4,9-10,12,28H,2,5-8,11H2,1H3,(H-,30,34,35)/p+1. The van der Waals surface area contributed by atoms with Crippen LogP contribution in [0.1, 0.15) is 18.1 Å². The van der Waals surface area contributed by atoms with Crippen molar-refractivity contribution in [2.45, 2.75) is 24.5 Å². The van der Waals surface area contributed by atoms with Gasteiger partial charge in [0.1, 0.15) is 17.8 Å². The van der Waals surface area contributed by atoms with E-state index in [-0.39, 0.29) is 49.4 Å². The molecule has 0 amide bonds. The molecular weight excluding hydrogens is 542 g/mol. The van der Waals surface area contributed by atoms with Crippen molar-refractivity contribution in [1.82, 2.24) is 19.9 Å². The Morgan fingerprint density at radius 1 is 1.22 bits per heavy atom. The van der Waals surface area contributed by atoms with Gasteiger partial charge in [-0.25, -0.2) is 9.66 Å². The second-order valence-corrected chi connectivity index (χ2v) is 11.4. The van der Waals surface area contributed by atoms with Crippen molar-refractivity contribution < 1.29 is 21.9 Å². The largest absolute Gasteiger partial charge is 0.416 e. The molecule has 14 heteroatoms. The van der Waals surface area contributed by atoms with E-state index in [0.717, 1.165) is 17.1 Å². The highest BCUT2D eigenvalue weighted by Gasteiger charge is 2.36. The molecule has 0 aliphatic carbocycles. The molecule has 0 saturated carbocycles. The fourth-order valence-electron chi connectivity index (χ4n) is 4.00. The quantitative estimate of drug-likeness (QED) is 0.383. The SMILES string of the molecule is CC[S+](=O)(O)c1ccc(Cl)cc1Nn1cnc2c(Cl)c(CN3CCNCC3)c(C(F)(F)F)cc2c1=O. The summed E-state index contributed by atoms with van der Waals surface area (Å²) in [6, 6.07) is 4.86. The van der Waals surface area contributed by atoms with Crippen LogP contribution in [0.25, 0.3) is 10.9 Å². The first-order valence-corrected chi connectivity index (χ1v) is 13.4. The van der Waals surface area contributed by atoms with Crippen molar-refractivity contribution >= 4 is 50.0 Å². The summed E-state index contributed by atoms with van der Waals surface area (Å²) >= 11 is 12.5. The van der Waals surface area contributed by atoms with E-state index in [4.69, 9.17) is 23.2 Å². The minimum atomic E-state index is -4.76. The third-order valence-corrected chi connectivity index (χ3v) is 8.38. The number of nitrogens with one attached hydrogen (secondary N) is 2. The van der Waals surface area contributed by atoms with Gasteiger partial charge >= 0.3 is 6.18 Å². The first-order valence-electron chi connectivity index (χ1n) is 11.0. The zero-order valence-corrected chi connectivity index (χ0v) is 21.4. The number of fused-ring (bicyclic) bond motifs is 1. The van der Waals surface area contributed by atoms with Crippen molar-refractivity contribution in [3.63, 3.8) is 0 Å². The number of rotatable bonds is 6. The lowest BCUT2D eigenvalue weighted by Gasteiger charge is -2.29. The molecule has 0 bridgehead atoms. The molecule has 3 N–H and O–H groups in total. The Bertz CT molecular complexity index is 1410. The zero-order chi connectivity index (χ0) is 26.3. The third kappa shape index (κ3) is 5.38. The molecule has 1 aromatic heterocycles. The lowest BCUT2D eigenvalue weighted by molar-refractivity contribution is -0.138. The van der Waals surface area contributed by atoms with Gasteiger partial charge in [0.15, 0.2) is 0 Å². The molecule has 1 fully saturated rings. The van der Waals surface area contributed by atoms with Crippen LogP contribution in [0.3, 0.4) is 0 Å². The Hall–Kier alpha value is -2.22. The minimum Gasteiger partial charge on any atom is -0.314 e. The van der Waals surface area contributed by atoms with Crippen LogP contribution in [0, 0.1) is 0 Å². The highest BCUT2D eigenvalue weighted by molar-refractivity contribution is 7.97. The number of hydrogen-bond donors (Lipinski definition) is 3. The number of alkyl halides is 3. The molecule has 1 saturated heterocycles. The summed E-state index contributed by atoms with van der Waals surface area (Å²) in [5.74, 6) is -0.103. The van der Waals surface area contributed by atoms with Crippen LogP contribution in [0.2, 0.25) is 10.0 Å². The van der Waals surface area contributed by atoms with Gasteiger partial charge in [0, 0.05) is 37.7 Å². The van der Waals surface area contributed by atoms with Crippen LogP contribution in [0.4, 0.5) is 18.9 Å². The summed E-state index contributed by atoms with van der Waals surface area (Å²) in [5, 5.41) is 2.77. The molecule has 2 aromatic carbocycles. The molecule has 1 aliphatic rings. The van der Waals surface area contributed by atoms with E-state index in [1.165, 1.54) is 25.1 Å². The maximum atomic E-state index is 14.0. The van der Waals surface area contributed by atoms with E-state index in [0.29, 0.717) is 26.2 Å². The van der Waals surface area contributed by atoms with Crippen molar-refractivity contribution in [1.29, 1.82) is 0 Å². The summed E-state index contributed by atoms with van der Waals surface area (Å²) in [6.07, 6.45) is -3.69. The highest BCUT2D eigenvalue weighted by Crippen LogP contribution is 2.39. The third-order valence-electron chi connectivity index (χ3n) is 5.91. The van der Waals surface area contributed by atoms with Gasteiger partial charge in [0.2, 0.25) is 15.1 Å². The number of anilines is 1. The minimum absolute atomic E-state index is 0.0122. The number of benzene rings is 2. The molecule has 4 rings (SSSR count). The molecule has 2 heterocycles. The van der Waals surface area contributed by atoms with Gasteiger partial charge in [-0.15, -0.1) is 0 Å². The van der Waals surface area contributed by atoms with E-state index in [1.54, 1.807) is 0 Å². The maximum Gasteiger partial charge on any atom is 0.416 e. The van der Waals surface area contributed by atoms with Gasteiger partial charge in [-0.1, -0.05) is 27.4 Å². The fourth-order valence-corrected chi connectivity index (χ4v) is 5.52. The average Bonchev–Trinajstić information content (AvgIpc) is 2.82. The molecule has 0 spiro atoms. The first kappa shape index (κ1) is 26.8. The molecule has 8 nitrogen and oxygen atoms in total. The molecule has 1 atom stereocenters. The fraction of sp³-hybridized carbons (Fsp3) is 0.364. The van der Waals surface area contributed by atoms with Crippen LogP contribution in [-0.2, 0) is 27.1 Å². The number of piperazine rings is 1. The van der Waals surface area contributed by atoms with Crippen molar-refractivity contribution in [3.8, 4) is 0 Å². The average molecular weight is 565 g/mol.